The van der Waals surface area contributed by atoms with Crippen LogP contribution in [0.25, 0.3) is 0 Å². The number of hydrogen-bond donors (Lipinski definition) is 2. The fourth-order valence-corrected chi connectivity index (χ4v) is 1.86. The van der Waals surface area contributed by atoms with Gasteiger partial charge in [0.15, 0.2) is 0 Å². The van der Waals surface area contributed by atoms with Crippen molar-refractivity contribution in [3.63, 3.8) is 0 Å². The average molecular weight is 273 g/mol. The van der Waals surface area contributed by atoms with Crippen LogP contribution in [0.15, 0.2) is 48.5 Å². The molecule has 0 saturated heterocycles. The van der Waals surface area contributed by atoms with E-state index < -0.39 is 5.82 Å². The van der Waals surface area contributed by atoms with Gasteiger partial charge in [-0.1, -0.05) is 30.3 Å². The van der Waals surface area contributed by atoms with Crippen molar-refractivity contribution >= 4 is 5.91 Å². The standard InChI is InChI=1S/C16H16FNO2/c17-15-3-1-2-14(10-15)16(20)18-9-8-12-4-6-13(11-19)7-5-12/h1-7,10,19H,8-9,11H2,(H,18,20). The first-order chi connectivity index (χ1) is 9.69. The van der Waals surface area contributed by atoms with E-state index in [4.69, 9.17) is 5.11 Å². The molecule has 0 aliphatic heterocycles. The van der Waals surface area contributed by atoms with Crippen LogP contribution in [-0.2, 0) is 13.0 Å². The van der Waals surface area contributed by atoms with Gasteiger partial charge in [0.05, 0.1) is 6.61 Å². The molecule has 2 rings (SSSR count). The summed E-state index contributed by atoms with van der Waals surface area (Å²) in [6.07, 6.45) is 0.687. The van der Waals surface area contributed by atoms with Gasteiger partial charge in [-0.15, -0.1) is 0 Å². The number of carbonyl (C=O) groups excluding carboxylic acids is 1. The monoisotopic (exact) mass is 273 g/mol. The van der Waals surface area contributed by atoms with Gasteiger partial charge in [0.25, 0.3) is 5.91 Å². The molecule has 0 fully saturated rings. The molecule has 0 heterocycles. The molecule has 0 aliphatic carbocycles. The highest BCUT2D eigenvalue weighted by Gasteiger charge is 2.05. The smallest absolute Gasteiger partial charge is 0.251 e. The highest BCUT2D eigenvalue weighted by Crippen LogP contribution is 2.06. The molecule has 0 bridgehead atoms. The molecule has 0 saturated carbocycles. The zero-order valence-corrected chi connectivity index (χ0v) is 11.0. The van der Waals surface area contributed by atoms with E-state index in [9.17, 15) is 9.18 Å². The Kier molecular flexibility index (Phi) is 4.85. The average Bonchev–Trinajstić information content (AvgIpc) is 2.48. The number of halogens is 1. The summed E-state index contributed by atoms with van der Waals surface area (Å²) in [5.41, 5.74) is 2.25. The minimum Gasteiger partial charge on any atom is -0.392 e. The van der Waals surface area contributed by atoms with Crippen molar-refractivity contribution in [1.82, 2.24) is 5.32 Å². The Morgan fingerprint density at radius 1 is 1.10 bits per heavy atom. The van der Waals surface area contributed by atoms with Gasteiger partial charge in [-0.3, -0.25) is 4.79 Å². The Bertz CT molecular complexity index is 581. The second kappa shape index (κ2) is 6.82. The summed E-state index contributed by atoms with van der Waals surface area (Å²) < 4.78 is 13.0. The summed E-state index contributed by atoms with van der Waals surface area (Å²) >= 11 is 0. The van der Waals surface area contributed by atoms with E-state index in [1.165, 1.54) is 18.2 Å². The molecule has 0 unspecified atom stereocenters. The topological polar surface area (TPSA) is 49.3 Å². The van der Waals surface area contributed by atoms with E-state index in [-0.39, 0.29) is 12.5 Å². The molecule has 0 spiro atoms. The normalized spacial score (nSPS) is 10.3. The molecule has 0 radical (unpaired) electrons. The fraction of sp³-hybridized carbons (Fsp3) is 0.188. The first-order valence-corrected chi connectivity index (χ1v) is 6.41. The van der Waals surface area contributed by atoms with Gasteiger partial charge in [0, 0.05) is 12.1 Å². The van der Waals surface area contributed by atoms with Gasteiger partial charge in [-0.25, -0.2) is 4.39 Å². The molecule has 4 heteroatoms. The summed E-state index contributed by atoms with van der Waals surface area (Å²) in [5, 5.41) is 11.7. The summed E-state index contributed by atoms with van der Waals surface area (Å²) in [6, 6.07) is 13.1. The van der Waals surface area contributed by atoms with E-state index in [0.29, 0.717) is 18.5 Å². The lowest BCUT2D eigenvalue weighted by Gasteiger charge is -2.06. The number of aliphatic hydroxyl groups is 1. The summed E-state index contributed by atoms with van der Waals surface area (Å²) in [7, 11) is 0. The van der Waals surface area contributed by atoms with Crippen LogP contribution >= 0.6 is 0 Å². The minimum atomic E-state index is -0.419. The summed E-state index contributed by atoms with van der Waals surface area (Å²) in [6.45, 7) is 0.504. The Hall–Kier alpha value is -2.20. The number of benzene rings is 2. The van der Waals surface area contributed by atoms with Crippen molar-refractivity contribution in [2.45, 2.75) is 13.0 Å². The quantitative estimate of drug-likeness (QED) is 0.878. The molecule has 0 aromatic heterocycles. The Morgan fingerprint density at radius 2 is 1.80 bits per heavy atom. The lowest BCUT2D eigenvalue weighted by Crippen LogP contribution is -2.25. The number of hydrogen-bond acceptors (Lipinski definition) is 2. The van der Waals surface area contributed by atoms with Crippen LogP contribution in [0.1, 0.15) is 21.5 Å². The van der Waals surface area contributed by atoms with E-state index in [2.05, 4.69) is 5.32 Å². The fourth-order valence-electron chi connectivity index (χ4n) is 1.86. The third-order valence-corrected chi connectivity index (χ3v) is 2.99. The number of aliphatic hydroxyl groups excluding tert-OH is 1. The molecule has 20 heavy (non-hydrogen) atoms. The molecule has 1 amide bonds. The highest BCUT2D eigenvalue weighted by atomic mass is 19.1. The van der Waals surface area contributed by atoms with Crippen LogP contribution in [0.3, 0.4) is 0 Å². The van der Waals surface area contributed by atoms with Crippen molar-refractivity contribution in [3.8, 4) is 0 Å². The zero-order valence-electron chi connectivity index (χ0n) is 11.0. The SMILES string of the molecule is O=C(NCCc1ccc(CO)cc1)c1cccc(F)c1. The lowest BCUT2D eigenvalue weighted by molar-refractivity contribution is 0.0953. The third kappa shape index (κ3) is 3.90. The molecule has 2 aromatic carbocycles. The lowest BCUT2D eigenvalue weighted by atomic mass is 10.1. The second-order valence-electron chi connectivity index (χ2n) is 4.49. The zero-order chi connectivity index (χ0) is 14.4. The van der Waals surface area contributed by atoms with Crippen molar-refractivity contribution < 1.29 is 14.3 Å². The first kappa shape index (κ1) is 14.2. The second-order valence-corrected chi connectivity index (χ2v) is 4.49. The number of nitrogens with one attached hydrogen (secondary N) is 1. The van der Waals surface area contributed by atoms with Crippen molar-refractivity contribution in [3.05, 3.63) is 71.0 Å². The maximum Gasteiger partial charge on any atom is 0.251 e. The first-order valence-electron chi connectivity index (χ1n) is 6.41. The summed E-state index contributed by atoms with van der Waals surface area (Å²) in [5.74, 6) is -0.700. The molecule has 2 aromatic rings. The molecule has 0 aliphatic rings. The van der Waals surface area contributed by atoms with Gasteiger partial charge in [0.2, 0.25) is 0 Å². The third-order valence-electron chi connectivity index (χ3n) is 2.99. The van der Waals surface area contributed by atoms with Gasteiger partial charge in [-0.05, 0) is 35.7 Å². The van der Waals surface area contributed by atoms with E-state index in [0.717, 1.165) is 11.1 Å². The molecule has 2 N–H and O–H groups in total. The summed E-state index contributed by atoms with van der Waals surface area (Å²) in [4.78, 5) is 11.8. The van der Waals surface area contributed by atoms with Crippen LogP contribution < -0.4 is 5.32 Å². The molecular weight excluding hydrogens is 257 g/mol. The van der Waals surface area contributed by atoms with Crippen LogP contribution in [0, 0.1) is 5.82 Å². The molecule has 104 valence electrons. The van der Waals surface area contributed by atoms with Gasteiger partial charge in [0.1, 0.15) is 5.82 Å². The van der Waals surface area contributed by atoms with E-state index >= 15 is 0 Å². The van der Waals surface area contributed by atoms with Crippen LogP contribution in [0.2, 0.25) is 0 Å². The van der Waals surface area contributed by atoms with Gasteiger partial charge in [-0.2, -0.15) is 0 Å². The Morgan fingerprint density at radius 3 is 2.45 bits per heavy atom. The van der Waals surface area contributed by atoms with Gasteiger partial charge < -0.3 is 10.4 Å². The molecule has 3 nitrogen and oxygen atoms in total. The predicted molar refractivity (Wildman–Crippen MR) is 74.8 cm³/mol. The maximum absolute atomic E-state index is 13.0. The Balaban J connectivity index is 1.84. The maximum atomic E-state index is 13.0. The van der Waals surface area contributed by atoms with Crippen molar-refractivity contribution in [2.75, 3.05) is 6.54 Å². The molecular formula is C16H16FNO2. The molecule has 0 atom stereocenters. The van der Waals surface area contributed by atoms with Crippen LogP contribution in [0.5, 0.6) is 0 Å². The van der Waals surface area contributed by atoms with Crippen molar-refractivity contribution in [2.24, 2.45) is 0 Å². The highest BCUT2D eigenvalue weighted by molar-refractivity contribution is 5.94. The van der Waals surface area contributed by atoms with Gasteiger partial charge >= 0.3 is 0 Å². The van der Waals surface area contributed by atoms with E-state index in [1.54, 1.807) is 6.07 Å². The number of rotatable bonds is 5. The number of carbonyl (C=O) groups is 1. The largest absolute Gasteiger partial charge is 0.392 e. The number of amides is 1. The Labute approximate surface area is 117 Å². The predicted octanol–water partition coefficient (Wildman–Crippen LogP) is 2.29. The van der Waals surface area contributed by atoms with Crippen molar-refractivity contribution in [1.29, 1.82) is 0 Å². The van der Waals surface area contributed by atoms with Crippen LogP contribution in [-0.4, -0.2) is 17.6 Å². The minimum absolute atomic E-state index is 0.0244. The van der Waals surface area contributed by atoms with E-state index in [1.807, 2.05) is 24.3 Å². The van der Waals surface area contributed by atoms with Crippen LogP contribution in [0.4, 0.5) is 4.39 Å².